The number of furan rings is 1. The summed E-state index contributed by atoms with van der Waals surface area (Å²) < 4.78 is 5.99. The third kappa shape index (κ3) is 2.23. The second kappa shape index (κ2) is 3.64. The highest BCUT2D eigenvalue weighted by atomic mass is 79.9. The number of amides is 1. The highest BCUT2D eigenvalue weighted by Crippen LogP contribution is 2.23. The van der Waals surface area contributed by atoms with Crippen molar-refractivity contribution < 1.29 is 9.21 Å². The molecule has 2 N–H and O–H groups in total. The Bertz CT molecular complexity index is 387. The molecule has 15 heavy (non-hydrogen) atoms. The number of nitrogens with one attached hydrogen (secondary N) is 2. The first kappa shape index (κ1) is 10.7. The summed E-state index contributed by atoms with van der Waals surface area (Å²) in [5, 5.41) is 6.10. The van der Waals surface area contributed by atoms with Crippen molar-refractivity contribution in [1.29, 1.82) is 0 Å². The zero-order valence-electron chi connectivity index (χ0n) is 8.63. The molecule has 2 heterocycles. The van der Waals surface area contributed by atoms with Gasteiger partial charge < -0.3 is 9.73 Å². The highest BCUT2D eigenvalue weighted by Gasteiger charge is 2.34. The Morgan fingerprint density at radius 1 is 1.53 bits per heavy atom. The van der Waals surface area contributed by atoms with E-state index in [1.54, 1.807) is 12.1 Å². The second-order valence-electron chi connectivity index (χ2n) is 4.33. The Labute approximate surface area is 96.5 Å². The van der Waals surface area contributed by atoms with E-state index in [1.807, 2.05) is 13.8 Å². The van der Waals surface area contributed by atoms with Crippen LogP contribution in [0.2, 0.25) is 0 Å². The van der Waals surface area contributed by atoms with Gasteiger partial charge in [-0.15, -0.1) is 0 Å². The van der Waals surface area contributed by atoms with Crippen LogP contribution in [0.3, 0.4) is 0 Å². The van der Waals surface area contributed by atoms with Gasteiger partial charge in [0.05, 0.1) is 0 Å². The zero-order valence-corrected chi connectivity index (χ0v) is 10.2. The Morgan fingerprint density at radius 2 is 2.27 bits per heavy atom. The molecule has 0 radical (unpaired) electrons. The maximum atomic E-state index is 11.8. The molecular formula is C10H13BrN2O2. The van der Waals surface area contributed by atoms with Crippen molar-refractivity contribution in [1.82, 2.24) is 10.6 Å². The van der Waals surface area contributed by atoms with Crippen LogP contribution >= 0.6 is 15.9 Å². The molecular weight excluding hydrogens is 260 g/mol. The van der Waals surface area contributed by atoms with Crippen molar-refractivity contribution in [2.24, 2.45) is 0 Å². The molecule has 1 aromatic rings. The van der Waals surface area contributed by atoms with Gasteiger partial charge in [0.25, 0.3) is 0 Å². The molecule has 4 nitrogen and oxygen atoms in total. The van der Waals surface area contributed by atoms with Crippen LogP contribution < -0.4 is 10.6 Å². The van der Waals surface area contributed by atoms with Crippen LogP contribution in [0, 0.1) is 0 Å². The largest absolute Gasteiger partial charge is 0.452 e. The van der Waals surface area contributed by atoms with Gasteiger partial charge in [0.1, 0.15) is 11.8 Å². The summed E-state index contributed by atoms with van der Waals surface area (Å²) >= 11 is 3.21. The fraction of sp³-hybridized carbons (Fsp3) is 0.500. The number of piperazine rings is 1. The van der Waals surface area contributed by atoms with Crippen LogP contribution in [-0.4, -0.2) is 18.0 Å². The van der Waals surface area contributed by atoms with E-state index in [2.05, 4.69) is 26.6 Å². The number of hydrogen-bond acceptors (Lipinski definition) is 3. The highest BCUT2D eigenvalue weighted by molar-refractivity contribution is 9.10. The lowest BCUT2D eigenvalue weighted by Gasteiger charge is -2.35. The van der Waals surface area contributed by atoms with E-state index >= 15 is 0 Å². The molecule has 0 aromatic carbocycles. The quantitative estimate of drug-likeness (QED) is 0.816. The van der Waals surface area contributed by atoms with Crippen molar-refractivity contribution in [2.45, 2.75) is 25.4 Å². The zero-order chi connectivity index (χ0) is 11.1. The van der Waals surface area contributed by atoms with E-state index in [1.165, 1.54) is 0 Å². The maximum absolute atomic E-state index is 11.8. The molecule has 1 saturated heterocycles. The number of carbonyl (C=O) groups is 1. The minimum absolute atomic E-state index is 0.0481. The van der Waals surface area contributed by atoms with Gasteiger partial charge in [-0.3, -0.25) is 10.1 Å². The first-order chi connectivity index (χ1) is 6.98. The maximum Gasteiger partial charge on any atom is 0.245 e. The first-order valence-electron chi connectivity index (χ1n) is 4.79. The summed E-state index contributed by atoms with van der Waals surface area (Å²) in [6.45, 7) is 4.68. The molecule has 0 saturated carbocycles. The van der Waals surface area contributed by atoms with Crippen LogP contribution in [0.1, 0.15) is 25.6 Å². The third-order valence-corrected chi connectivity index (χ3v) is 2.78. The minimum Gasteiger partial charge on any atom is -0.452 e. The van der Waals surface area contributed by atoms with Crippen LogP contribution in [0.4, 0.5) is 0 Å². The average molecular weight is 273 g/mol. The van der Waals surface area contributed by atoms with Crippen molar-refractivity contribution in [3.8, 4) is 0 Å². The van der Waals surface area contributed by atoms with Crippen molar-refractivity contribution in [2.75, 3.05) is 6.54 Å². The predicted octanol–water partition coefficient (Wildman–Crippen LogP) is 1.58. The summed E-state index contributed by atoms with van der Waals surface area (Å²) in [7, 11) is 0. The third-order valence-electron chi connectivity index (χ3n) is 2.35. The molecule has 1 amide bonds. The molecule has 1 fully saturated rings. The van der Waals surface area contributed by atoms with Crippen LogP contribution in [0.5, 0.6) is 0 Å². The molecule has 2 rings (SSSR count). The number of hydrogen-bond donors (Lipinski definition) is 2. The average Bonchev–Trinajstić information content (AvgIpc) is 2.50. The Balaban J connectivity index is 2.16. The molecule has 1 atom stereocenters. The minimum atomic E-state index is -0.385. The van der Waals surface area contributed by atoms with Gasteiger partial charge in [0.15, 0.2) is 4.67 Å². The van der Waals surface area contributed by atoms with E-state index in [4.69, 9.17) is 4.42 Å². The normalized spacial score (nSPS) is 25.0. The molecule has 5 heteroatoms. The standard InChI is InChI=1S/C10H13BrN2O2/c1-10(2)5-12-8(9(14)13-10)6-3-4-7(11)15-6/h3-4,8,12H,5H2,1-2H3,(H,13,14). The van der Waals surface area contributed by atoms with Crippen LogP contribution in [-0.2, 0) is 4.79 Å². The molecule has 82 valence electrons. The topological polar surface area (TPSA) is 54.3 Å². The lowest BCUT2D eigenvalue weighted by Crippen LogP contribution is -2.59. The van der Waals surface area contributed by atoms with Gasteiger partial charge in [-0.05, 0) is 41.9 Å². The molecule has 0 aliphatic carbocycles. The molecule has 1 aliphatic rings. The summed E-state index contributed by atoms with van der Waals surface area (Å²) in [6.07, 6.45) is 0. The molecule has 1 aliphatic heterocycles. The molecule has 0 bridgehead atoms. The van der Waals surface area contributed by atoms with Gasteiger partial charge >= 0.3 is 0 Å². The van der Waals surface area contributed by atoms with Crippen LogP contribution in [0.15, 0.2) is 21.2 Å². The first-order valence-corrected chi connectivity index (χ1v) is 5.58. The van der Waals surface area contributed by atoms with E-state index in [0.717, 1.165) is 6.54 Å². The van der Waals surface area contributed by atoms with Gasteiger partial charge in [-0.2, -0.15) is 0 Å². The predicted molar refractivity (Wildman–Crippen MR) is 59.4 cm³/mol. The Hall–Kier alpha value is -0.810. The summed E-state index contributed by atoms with van der Waals surface area (Å²) in [6, 6.07) is 3.19. The van der Waals surface area contributed by atoms with Crippen molar-refractivity contribution in [3.63, 3.8) is 0 Å². The summed E-state index contributed by atoms with van der Waals surface area (Å²) in [5.74, 6) is 0.586. The fourth-order valence-electron chi connectivity index (χ4n) is 1.61. The van der Waals surface area contributed by atoms with E-state index in [-0.39, 0.29) is 17.5 Å². The second-order valence-corrected chi connectivity index (χ2v) is 5.11. The van der Waals surface area contributed by atoms with E-state index in [9.17, 15) is 4.79 Å². The van der Waals surface area contributed by atoms with E-state index < -0.39 is 0 Å². The summed E-state index contributed by atoms with van der Waals surface area (Å²) in [4.78, 5) is 11.8. The SMILES string of the molecule is CC1(C)CNC(c2ccc(Br)o2)C(=O)N1. The molecule has 1 unspecified atom stereocenters. The van der Waals surface area contributed by atoms with Gasteiger partial charge in [-0.25, -0.2) is 0 Å². The van der Waals surface area contributed by atoms with Crippen molar-refractivity contribution >= 4 is 21.8 Å². The summed E-state index contributed by atoms with van der Waals surface area (Å²) in [5.41, 5.74) is -0.197. The molecule has 1 aromatic heterocycles. The van der Waals surface area contributed by atoms with E-state index in [0.29, 0.717) is 10.4 Å². The Morgan fingerprint density at radius 3 is 2.80 bits per heavy atom. The lowest BCUT2D eigenvalue weighted by atomic mass is 9.99. The van der Waals surface area contributed by atoms with Gasteiger partial charge in [0.2, 0.25) is 5.91 Å². The van der Waals surface area contributed by atoms with Crippen molar-refractivity contribution in [3.05, 3.63) is 22.6 Å². The lowest BCUT2D eigenvalue weighted by molar-refractivity contribution is -0.127. The fourth-order valence-corrected chi connectivity index (χ4v) is 1.93. The Kier molecular flexibility index (Phi) is 2.60. The number of halogens is 1. The monoisotopic (exact) mass is 272 g/mol. The van der Waals surface area contributed by atoms with Crippen LogP contribution in [0.25, 0.3) is 0 Å². The number of rotatable bonds is 1. The number of carbonyl (C=O) groups excluding carboxylic acids is 1. The van der Waals surface area contributed by atoms with Gasteiger partial charge in [0, 0.05) is 12.1 Å². The smallest absolute Gasteiger partial charge is 0.245 e. The van der Waals surface area contributed by atoms with Gasteiger partial charge in [-0.1, -0.05) is 0 Å². The molecule has 0 spiro atoms.